The molecule has 2 N–H and O–H groups in total. The molecule has 0 atom stereocenters. The van der Waals surface area contributed by atoms with Gasteiger partial charge in [0.25, 0.3) is 15.9 Å². The van der Waals surface area contributed by atoms with Gasteiger partial charge in [-0.05, 0) is 54.6 Å². The molecule has 1 amide bonds. The monoisotopic (exact) mass is 480 g/mol. The van der Waals surface area contributed by atoms with Crippen molar-refractivity contribution >= 4 is 50.5 Å². The van der Waals surface area contributed by atoms with E-state index in [9.17, 15) is 13.2 Å². The fourth-order valence-electron chi connectivity index (χ4n) is 2.81. The first kappa shape index (κ1) is 22.7. The molecule has 0 fully saturated rings. The van der Waals surface area contributed by atoms with Crippen LogP contribution in [0.25, 0.3) is 0 Å². The molecule has 0 bridgehead atoms. The van der Waals surface area contributed by atoms with Gasteiger partial charge in [0.1, 0.15) is 17.1 Å². The van der Waals surface area contributed by atoms with Crippen LogP contribution in [0.2, 0.25) is 10.0 Å². The number of nitrogens with one attached hydrogen (secondary N) is 2. The third-order valence-electron chi connectivity index (χ3n) is 4.19. The van der Waals surface area contributed by atoms with E-state index in [1.165, 1.54) is 56.7 Å². The van der Waals surface area contributed by atoms with E-state index in [0.717, 1.165) is 0 Å². The average molecular weight is 481 g/mol. The first-order valence-electron chi connectivity index (χ1n) is 8.85. The molecule has 7 nitrogen and oxygen atoms in total. The van der Waals surface area contributed by atoms with Crippen LogP contribution in [0.1, 0.15) is 10.4 Å². The Morgan fingerprint density at radius 2 is 1.39 bits per heavy atom. The van der Waals surface area contributed by atoms with Crippen LogP contribution in [0.4, 0.5) is 11.4 Å². The Bertz CT molecular complexity index is 1170. The fourth-order valence-corrected chi connectivity index (χ4v) is 4.38. The standard InChI is InChI=1S/C21H18Cl2N2O5S/c1-29-18-4-3-5-19(30-2)20(18)21(26)24-15-6-8-17(9-7-15)31(27,28)25-16-11-13(22)10-14(23)12-16/h3-12,25H,1-2H3,(H,24,26). The second-order valence-corrected chi connectivity index (χ2v) is 8.83. The van der Waals surface area contributed by atoms with E-state index in [1.54, 1.807) is 18.2 Å². The van der Waals surface area contributed by atoms with E-state index < -0.39 is 15.9 Å². The molecule has 0 saturated carbocycles. The predicted molar refractivity (Wildman–Crippen MR) is 121 cm³/mol. The number of amides is 1. The molecular weight excluding hydrogens is 463 g/mol. The zero-order chi connectivity index (χ0) is 22.6. The summed E-state index contributed by atoms with van der Waals surface area (Å²) in [6.45, 7) is 0. The first-order chi connectivity index (χ1) is 14.7. The number of rotatable bonds is 7. The Hall–Kier alpha value is -2.94. The van der Waals surface area contributed by atoms with Gasteiger partial charge < -0.3 is 14.8 Å². The summed E-state index contributed by atoms with van der Waals surface area (Å²) < 4.78 is 38.1. The second kappa shape index (κ2) is 9.47. The highest BCUT2D eigenvalue weighted by molar-refractivity contribution is 7.92. The van der Waals surface area contributed by atoms with Gasteiger partial charge in [-0.3, -0.25) is 9.52 Å². The Morgan fingerprint density at radius 3 is 1.90 bits per heavy atom. The van der Waals surface area contributed by atoms with Crippen LogP contribution in [-0.2, 0) is 10.0 Å². The van der Waals surface area contributed by atoms with Crippen molar-refractivity contribution in [2.75, 3.05) is 24.3 Å². The van der Waals surface area contributed by atoms with Crippen molar-refractivity contribution < 1.29 is 22.7 Å². The van der Waals surface area contributed by atoms with E-state index in [-0.39, 0.29) is 16.1 Å². The van der Waals surface area contributed by atoms with Crippen molar-refractivity contribution in [2.24, 2.45) is 0 Å². The Kier molecular flexibility index (Phi) is 6.94. The van der Waals surface area contributed by atoms with Gasteiger partial charge in [-0.2, -0.15) is 0 Å². The van der Waals surface area contributed by atoms with E-state index in [2.05, 4.69) is 10.0 Å². The number of anilines is 2. The Labute approximate surface area is 189 Å². The Morgan fingerprint density at radius 1 is 0.839 bits per heavy atom. The number of carbonyl (C=O) groups is 1. The number of methoxy groups -OCH3 is 2. The summed E-state index contributed by atoms with van der Waals surface area (Å²) in [6, 6.07) is 15.0. The lowest BCUT2D eigenvalue weighted by atomic mass is 10.1. The summed E-state index contributed by atoms with van der Waals surface area (Å²) in [5.41, 5.74) is 0.851. The molecule has 162 valence electrons. The molecule has 0 saturated heterocycles. The van der Waals surface area contributed by atoms with Gasteiger partial charge in [-0.25, -0.2) is 8.42 Å². The Balaban J connectivity index is 1.79. The van der Waals surface area contributed by atoms with Gasteiger partial charge in [0.15, 0.2) is 0 Å². The first-order valence-corrected chi connectivity index (χ1v) is 11.1. The molecule has 0 aliphatic heterocycles. The summed E-state index contributed by atoms with van der Waals surface area (Å²) in [6.07, 6.45) is 0. The molecule has 0 unspecified atom stereocenters. The van der Waals surface area contributed by atoms with Crippen LogP contribution in [0.5, 0.6) is 11.5 Å². The number of carbonyl (C=O) groups excluding carboxylic acids is 1. The highest BCUT2D eigenvalue weighted by Gasteiger charge is 2.19. The number of hydrogen-bond acceptors (Lipinski definition) is 5. The number of benzene rings is 3. The molecule has 10 heteroatoms. The molecule has 31 heavy (non-hydrogen) atoms. The summed E-state index contributed by atoms with van der Waals surface area (Å²) in [5.74, 6) is 0.234. The van der Waals surface area contributed by atoms with Crippen molar-refractivity contribution in [1.82, 2.24) is 0 Å². The molecule has 0 aromatic heterocycles. The van der Waals surface area contributed by atoms with E-state index in [4.69, 9.17) is 32.7 Å². The van der Waals surface area contributed by atoms with Gasteiger partial charge in [0.2, 0.25) is 0 Å². The van der Waals surface area contributed by atoms with Crippen LogP contribution >= 0.6 is 23.2 Å². The molecular formula is C21H18Cl2N2O5S. The minimum absolute atomic E-state index is 0.00327. The van der Waals surface area contributed by atoms with Crippen LogP contribution in [0, 0.1) is 0 Å². The fraction of sp³-hybridized carbons (Fsp3) is 0.0952. The maximum absolute atomic E-state index is 12.7. The van der Waals surface area contributed by atoms with Crippen molar-refractivity contribution in [2.45, 2.75) is 4.90 Å². The molecule has 0 aliphatic rings. The summed E-state index contributed by atoms with van der Waals surface area (Å²) in [7, 11) is -0.986. The van der Waals surface area contributed by atoms with Crippen LogP contribution < -0.4 is 19.5 Å². The summed E-state index contributed by atoms with van der Waals surface area (Å²) in [5, 5.41) is 3.30. The third kappa shape index (κ3) is 5.41. The quantitative estimate of drug-likeness (QED) is 0.492. The lowest BCUT2D eigenvalue weighted by Crippen LogP contribution is -2.15. The molecule has 0 radical (unpaired) electrons. The van der Waals surface area contributed by atoms with E-state index in [1.807, 2.05) is 0 Å². The SMILES string of the molecule is COc1cccc(OC)c1C(=O)Nc1ccc(S(=O)(=O)Nc2cc(Cl)cc(Cl)c2)cc1. The largest absolute Gasteiger partial charge is 0.496 e. The van der Waals surface area contributed by atoms with Gasteiger partial charge in [-0.15, -0.1) is 0 Å². The normalized spacial score (nSPS) is 11.0. The maximum Gasteiger partial charge on any atom is 0.263 e. The minimum atomic E-state index is -3.89. The van der Waals surface area contributed by atoms with Gasteiger partial charge in [0, 0.05) is 15.7 Å². The number of ether oxygens (including phenoxy) is 2. The zero-order valence-corrected chi connectivity index (χ0v) is 18.8. The van der Waals surface area contributed by atoms with E-state index >= 15 is 0 Å². The highest BCUT2D eigenvalue weighted by Crippen LogP contribution is 2.29. The smallest absolute Gasteiger partial charge is 0.263 e. The van der Waals surface area contributed by atoms with E-state index in [0.29, 0.717) is 27.2 Å². The average Bonchev–Trinajstić information content (AvgIpc) is 2.72. The van der Waals surface area contributed by atoms with Crippen molar-refractivity contribution in [1.29, 1.82) is 0 Å². The molecule has 0 aliphatic carbocycles. The summed E-state index contributed by atoms with van der Waals surface area (Å²) >= 11 is 11.8. The van der Waals surface area contributed by atoms with Gasteiger partial charge in [-0.1, -0.05) is 29.3 Å². The molecule has 3 aromatic rings. The number of hydrogen-bond donors (Lipinski definition) is 2. The molecule has 3 rings (SSSR count). The van der Waals surface area contributed by atoms with Gasteiger partial charge >= 0.3 is 0 Å². The summed E-state index contributed by atoms with van der Waals surface area (Å²) in [4.78, 5) is 12.7. The predicted octanol–water partition coefficient (Wildman–Crippen LogP) is 5.06. The highest BCUT2D eigenvalue weighted by atomic mass is 35.5. The number of halogens is 2. The van der Waals surface area contributed by atoms with Crippen molar-refractivity contribution in [3.05, 3.63) is 76.3 Å². The lowest BCUT2D eigenvalue weighted by Gasteiger charge is -2.13. The number of sulfonamides is 1. The van der Waals surface area contributed by atoms with Crippen molar-refractivity contribution in [3.63, 3.8) is 0 Å². The lowest BCUT2D eigenvalue weighted by molar-refractivity contribution is 0.102. The zero-order valence-electron chi connectivity index (χ0n) is 16.5. The maximum atomic E-state index is 12.7. The minimum Gasteiger partial charge on any atom is -0.496 e. The molecule has 0 heterocycles. The van der Waals surface area contributed by atoms with Crippen LogP contribution in [-0.4, -0.2) is 28.5 Å². The topological polar surface area (TPSA) is 93.7 Å². The van der Waals surface area contributed by atoms with Gasteiger partial charge in [0.05, 0.1) is 24.8 Å². The van der Waals surface area contributed by atoms with Crippen LogP contribution in [0.3, 0.4) is 0 Å². The second-order valence-electron chi connectivity index (χ2n) is 6.28. The molecule has 0 spiro atoms. The third-order valence-corrected chi connectivity index (χ3v) is 6.03. The van der Waals surface area contributed by atoms with Crippen LogP contribution in [0.15, 0.2) is 65.6 Å². The molecule has 3 aromatic carbocycles. The van der Waals surface area contributed by atoms with Crippen molar-refractivity contribution in [3.8, 4) is 11.5 Å².